The van der Waals surface area contributed by atoms with Crippen LogP contribution in [0.25, 0.3) is 0 Å². The number of aromatic hydroxyl groups is 1. The molecule has 0 saturated carbocycles. The van der Waals surface area contributed by atoms with Crippen LogP contribution in [0, 0.1) is 12.3 Å². The van der Waals surface area contributed by atoms with Gasteiger partial charge in [-0.3, -0.25) is 4.79 Å². The first-order valence-corrected chi connectivity index (χ1v) is 5.04. The molecule has 16 heavy (non-hydrogen) atoms. The summed E-state index contributed by atoms with van der Waals surface area (Å²) in [6.07, 6.45) is 5.21. The molecule has 0 saturated heterocycles. The molecule has 0 bridgehead atoms. The van der Waals surface area contributed by atoms with Crippen molar-refractivity contribution in [1.82, 2.24) is 4.90 Å². The number of carbonyl (C=O) groups excluding carboxylic acids is 1. The van der Waals surface area contributed by atoms with Crippen molar-refractivity contribution in [3.63, 3.8) is 0 Å². The summed E-state index contributed by atoms with van der Waals surface area (Å²) >= 11 is 0. The third-order valence-corrected chi connectivity index (χ3v) is 2.60. The molecule has 1 aromatic carbocycles. The number of amides is 1. The van der Waals surface area contributed by atoms with Crippen LogP contribution in [-0.2, 0) is 4.79 Å². The molecule has 1 N–H and O–H groups in total. The van der Waals surface area contributed by atoms with Gasteiger partial charge in [-0.15, -0.1) is 6.42 Å². The number of terminal acetylenes is 1. The van der Waals surface area contributed by atoms with E-state index in [1.807, 2.05) is 6.92 Å². The lowest BCUT2D eigenvalue weighted by Crippen LogP contribution is -2.29. The Morgan fingerprint density at radius 3 is 2.56 bits per heavy atom. The van der Waals surface area contributed by atoms with E-state index in [9.17, 15) is 4.79 Å². The predicted octanol–water partition coefficient (Wildman–Crippen LogP) is 1.93. The van der Waals surface area contributed by atoms with Gasteiger partial charge in [0.25, 0.3) is 0 Å². The van der Waals surface area contributed by atoms with Crippen LogP contribution >= 0.6 is 0 Å². The SMILES string of the molecule is C#CCC(=O)N(C)C(C)c1ccc(O)cc1. The molecule has 0 heterocycles. The first kappa shape index (κ1) is 12.1. The Balaban J connectivity index is 2.78. The molecule has 1 aromatic rings. The largest absolute Gasteiger partial charge is 0.508 e. The molecule has 0 fully saturated rings. The van der Waals surface area contributed by atoms with Gasteiger partial charge in [0.2, 0.25) is 5.91 Å². The van der Waals surface area contributed by atoms with Gasteiger partial charge in [-0.25, -0.2) is 0 Å². The van der Waals surface area contributed by atoms with Gasteiger partial charge in [0.15, 0.2) is 0 Å². The Morgan fingerprint density at radius 1 is 1.50 bits per heavy atom. The lowest BCUT2D eigenvalue weighted by atomic mass is 10.1. The monoisotopic (exact) mass is 217 g/mol. The average Bonchev–Trinajstić information content (AvgIpc) is 2.28. The molecular formula is C13H15NO2. The van der Waals surface area contributed by atoms with Crippen molar-refractivity contribution in [3.05, 3.63) is 29.8 Å². The van der Waals surface area contributed by atoms with Gasteiger partial charge in [0.05, 0.1) is 12.5 Å². The Labute approximate surface area is 95.7 Å². The van der Waals surface area contributed by atoms with Crippen LogP contribution in [0.3, 0.4) is 0 Å². The van der Waals surface area contributed by atoms with Crippen LogP contribution in [0.2, 0.25) is 0 Å². The van der Waals surface area contributed by atoms with Gasteiger partial charge in [-0.1, -0.05) is 18.1 Å². The second-order valence-electron chi connectivity index (χ2n) is 3.65. The van der Waals surface area contributed by atoms with E-state index in [1.54, 1.807) is 36.2 Å². The summed E-state index contributed by atoms with van der Waals surface area (Å²) in [7, 11) is 1.72. The zero-order chi connectivity index (χ0) is 12.1. The summed E-state index contributed by atoms with van der Waals surface area (Å²) < 4.78 is 0. The second kappa shape index (κ2) is 5.22. The molecule has 3 nitrogen and oxygen atoms in total. The number of benzene rings is 1. The van der Waals surface area contributed by atoms with Crippen LogP contribution in [-0.4, -0.2) is 23.0 Å². The number of phenolic OH excluding ortho intramolecular Hbond substituents is 1. The van der Waals surface area contributed by atoms with Crippen molar-refractivity contribution in [2.45, 2.75) is 19.4 Å². The molecule has 1 atom stereocenters. The van der Waals surface area contributed by atoms with E-state index in [-0.39, 0.29) is 24.1 Å². The van der Waals surface area contributed by atoms with Crippen LogP contribution in [0.5, 0.6) is 5.75 Å². The van der Waals surface area contributed by atoms with E-state index in [1.165, 1.54) is 0 Å². The highest BCUT2D eigenvalue weighted by Gasteiger charge is 2.16. The number of hydrogen-bond donors (Lipinski definition) is 1. The highest BCUT2D eigenvalue weighted by molar-refractivity contribution is 5.78. The normalized spacial score (nSPS) is 11.6. The topological polar surface area (TPSA) is 40.5 Å². The predicted molar refractivity (Wildman–Crippen MR) is 62.7 cm³/mol. The lowest BCUT2D eigenvalue weighted by Gasteiger charge is -2.24. The van der Waals surface area contributed by atoms with Crippen LogP contribution in [0.15, 0.2) is 24.3 Å². The number of phenols is 1. The van der Waals surface area contributed by atoms with E-state index in [2.05, 4.69) is 5.92 Å². The fourth-order valence-corrected chi connectivity index (χ4v) is 1.40. The third-order valence-electron chi connectivity index (χ3n) is 2.60. The number of rotatable bonds is 3. The lowest BCUT2D eigenvalue weighted by molar-refractivity contribution is -0.130. The smallest absolute Gasteiger partial charge is 0.234 e. The minimum absolute atomic E-state index is 0.0542. The molecule has 0 aromatic heterocycles. The van der Waals surface area contributed by atoms with Gasteiger partial charge in [-0.05, 0) is 24.6 Å². The van der Waals surface area contributed by atoms with Gasteiger partial charge in [0.1, 0.15) is 5.75 Å². The minimum Gasteiger partial charge on any atom is -0.508 e. The number of nitrogens with zero attached hydrogens (tertiary/aromatic N) is 1. The van der Waals surface area contributed by atoms with Crippen molar-refractivity contribution in [1.29, 1.82) is 0 Å². The van der Waals surface area contributed by atoms with Gasteiger partial charge >= 0.3 is 0 Å². The first-order chi connectivity index (χ1) is 7.56. The molecule has 1 rings (SSSR count). The van der Waals surface area contributed by atoms with Crippen molar-refractivity contribution in [2.75, 3.05) is 7.05 Å². The molecule has 0 aliphatic rings. The van der Waals surface area contributed by atoms with Gasteiger partial charge in [0, 0.05) is 7.05 Å². The fraction of sp³-hybridized carbons (Fsp3) is 0.308. The standard InChI is InChI=1S/C13H15NO2/c1-4-5-13(16)14(3)10(2)11-6-8-12(15)9-7-11/h1,6-10,15H,5H2,2-3H3. The Kier molecular flexibility index (Phi) is 3.96. The molecule has 0 spiro atoms. The quantitative estimate of drug-likeness (QED) is 0.786. The maximum atomic E-state index is 11.6. The van der Waals surface area contributed by atoms with Crippen molar-refractivity contribution < 1.29 is 9.90 Å². The second-order valence-corrected chi connectivity index (χ2v) is 3.65. The van der Waals surface area contributed by atoms with Crippen LogP contribution < -0.4 is 0 Å². The molecule has 1 amide bonds. The van der Waals surface area contributed by atoms with Crippen molar-refractivity contribution >= 4 is 5.91 Å². The maximum Gasteiger partial charge on any atom is 0.234 e. The Hall–Kier alpha value is -1.95. The molecule has 1 unspecified atom stereocenters. The van der Waals surface area contributed by atoms with E-state index >= 15 is 0 Å². The van der Waals surface area contributed by atoms with E-state index in [0.717, 1.165) is 5.56 Å². The summed E-state index contributed by atoms with van der Waals surface area (Å²) in [6.45, 7) is 1.92. The summed E-state index contributed by atoms with van der Waals surface area (Å²) in [6, 6.07) is 6.73. The Bertz CT molecular complexity index is 403. The van der Waals surface area contributed by atoms with E-state index in [0.29, 0.717) is 0 Å². The third kappa shape index (κ3) is 2.77. The van der Waals surface area contributed by atoms with E-state index in [4.69, 9.17) is 11.5 Å². The maximum absolute atomic E-state index is 11.6. The van der Waals surface area contributed by atoms with Gasteiger partial charge < -0.3 is 10.0 Å². The van der Waals surface area contributed by atoms with Crippen molar-refractivity contribution in [3.8, 4) is 18.1 Å². The summed E-state index contributed by atoms with van der Waals surface area (Å²) in [5, 5.41) is 9.16. The summed E-state index contributed by atoms with van der Waals surface area (Å²) in [5.74, 6) is 2.47. The van der Waals surface area contributed by atoms with Crippen LogP contribution in [0.4, 0.5) is 0 Å². The molecule has 0 aliphatic carbocycles. The molecule has 0 radical (unpaired) electrons. The van der Waals surface area contributed by atoms with Gasteiger partial charge in [-0.2, -0.15) is 0 Å². The molecule has 3 heteroatoms. The fourth-order valence-electron chi connectivity index (χ4n) is 1.40. The average molecular weight is 217 g/mol. The van der Waals surface area contributed by atoms with Crippen LogP contribution in [0.1, 0.15) is 24.9 Å². The molecular weight excluding hydrogens is 202 g/mol. The first-order valence-electron chi connectivity index (χ1n) is 5.04. The van der Waals surface area contributed by atoms with Crippen molar-refractivity contribution in [2.24, 2.45) is 0 Å². The highest BCUT2D eigenvalue weighted by Crippen LogP contribution is 2.21. The molecule has 0 aliphatic heterocycles. The number of carbonyl (C=O) groups is 1. The van der Waals surface area contributed by atoms with E-state index < -0.39 is 0 Å². The summed E-state index contributed by atoms with van der Waals surface area (Å²) in [4.78, 5) is 13.2. The Morgan fingerprint density at radius 2 is 2.06 bits per heavy atom. The number of hydrogen-bond acceptors (Lipinski definition) is 2. The summed E-state index contributed by atoms with van der Waals surface area (Å²) in [5.41, 5.74) is 0.964. The minimum atomic E-state index is -0.0805. The highest BCUT2D eigenvalue weighted by atomic mass is 16.3. The zero-order valence-corrected chi connectivity index (χ0v) is 9.47. The molecule has 84 valence electrons. The zero-order valence-electron chi connectivity index (χ0n) is 9.47.